The predicted molar refractivity (Wildman–Crippen MR) is 62.5 cm³/mol. The molecule has 3 atom stereocenters. The summed E-state index contributed by atoms with van der Waals surface area (Å²) in [5.41, 5.74) is 3.00. The Labute approximate surface area is 96.4 Å². The molecule has 2 aliphatic carbocycles. The first-order valence-corrected chi connectivity index (χ1v) is 6.38. The van der Waals surface area contributed by atoms with Gasteiger partial charge in [0.25, 0.3) is 0 Å². The number of hydrazine groups is 1. The quantitative estimate of drug-likeness (QED) is 0.603. The minimum atomic E-state index is 0.402. The van der Waals surface area contributed by atoms with Crippen LogP contribution >= 0.6 is 0 Å². The molecule has 2 saturated carbocycles. The Kier molecular flexibility index (Phi) is 2.74. The summed E-state index contributed by atoms with van der Waals surface area (Å²) in [6.45, 7) is 0. The Hall–Kier alpha value is -0.800. The molecule has 3 unspecified atom stereocenters. The number of furan rings is 1. The van der Waals surface area contributed by atoms with E-state index in [4.69, 9.17) is 10.3 Å². The van der Waals surface area contributed by atoms with E-state index in [1.165, 1.54) is 25.7 Å². The van der Waals surface area contributed by atoms with Gasteiger partial charge in [0.2, 0.25) is 0 Å². The van der Waals surface area contributed by atoms with Crippen LogP contribution in [-0.2, 0) is 6.42 Å². The van der Waals surface area contributed by atoms with Crippen LogP contribution in [0.25, 0.3) is 0 Å². The molecule has 3 N–H and O–H groups in total. The molecule has 3 nitrogen and oxygen atoms in total. The van der Waals surface area contributed by atoms with Gasteiger partial charge in [-0.15, -0.1) is 0 Å². The van der Waals surface area contributed by atoms with Crippen LogP contribution in [0.5, 0.6) is 0 Å². The molecule has 1 aromatic heterocycles. The highest BCUT2D eigenvalue weighted by atomic mass is 16.3. The highest BCUT2D eigenvalue weighted by molar-refractivity contribution is 5.09. The van der Waals surface area contributed by atoms with E-state index in [0.29, 0.717) is 6.04 Å². The van der Waals surface area contributed by atoms with Gasteiger partial charge in [0.05, 0.1) is 6.26 Å². The van der Waals surface area contributed by atoms with Crippen molar-refractivity contribution in [3.63, 3.8) is 0 Å². The van der Waals surface area contributed by atoms with Crippen molar-refractivity contribution >= 4 is 0 Å². The van der Waals surface area contributed by atoms with Crippen molar-refractivity contribution < 1.29 is 4.42 Å². The molecule has 1 aromatic rings. The van der Waals surface area contributed by atoms with E-state index in [9.17, 15) is 0 Å². The minimum Gasteiger partial charge on any atom is -0.469 e. The smallest absolute Gasteiger partial charge is 0.105 e. The first-order valence-electron chi connectivity index (χ1n) is 6.38. The van der Waals surface area contributed by atoms with Gasteiger partial charge < -0.3 is 4.42 Å². The monoisotopic (exact) mass is 220 g/mol. The Morgan fingerprint density at radius 1 is 1.38 bits per heavy atom. The summed E-state index contributed by atoms with van der Waals surface area (Å²) in [7, 11) is 0. The SMILES string of the molecule is NNC(Cc1ccco1)C1C2CCCCC21. The number of hydrogen-bond acceptors (Lipinski definition) is 3. The Balaban J connectivity index is 1.63. The highest BCUT2D eigenvalue weighted by Crippen LogP contribution is 2.57. The molecule has 1 heterocycles. The average Bonchev–Trinajstić information content (AvgIpc) is 2.81. The summed E-state index contributed by atoms with van der Waals surface area (Å²) in [6.07, 6.45) is 8.31. The molecule has 0 aromatic carbocycles. The highest BCUT2D eigenvalue weighted by Gasteiger charge is 2.53. The molecule has 3 heteroatoms. The molecule has 2 fully saturated rings. The van der Waals surface area contributed by atoms with Gasteiger partial charge >= 0.3 is 0 Å². The third kappa shape index (κ3) is 1.78. The summed E-state index contributed by atoms with van der Waals surface area (Å²) in [4.78, 5) is 0. The van der Waals surface area contributed by atoms with Gasteiger partial charge in [-0.05, 0) is 42.7 Å². The first-order chi connectivity index (χ1) is 7.90. The number of fused-ring (bicyclic) bond motifs is 1. The Morgan fingerprint density at radius 3 is 2.69 bits per heavy atom. The fraction of sp³-hybridized carbons (Fsp3) is 0.692. The maximum atomic E-state index is 5.69. The maximum Gasteiger partial charge on any atom is 0.105 e. The molecule has 0 spiro atoms. The standard InChI is InChI=1S/C13H20N2O/c14-15-12(8-9-4-3-7-16-9)13-10-5-1-2-6-11(10)13/h3-4,7,10-13,15H,1-2,5-6,8,14H2. The van der Waals surface area contributed by atoms with E-state index in [-0.39, 0.29) is 0 Å². The van der Waals surface area contributed by atoms with Crippen LogP contribution in [0.2, 0.25) is 0 Å². The molecular weight excluding hydrogens is 200 g/mol. The van der Waals surface area contributed by atoms with Gasteiger partial charge in [-0.3, -0.25) is 11.3 Å². The maximum absolute atomic E-state index is 5.69. The molecule has 3 rings (SSSR count). The Morgan fingerprint density at radius 2 is 2.12 bits per heavy atom. The van der Waals surface area contributed by atoms with E-state index in [1.54, 1.807) is 6.26 Å². The lowest BCUT2D eigenvalue weighted by atomic mass is 10.0. The van der Waals surface area contributed by atoms with Gasteiger partial charge in [0.15, 0.2) is 0 Å². The molecule has 2 aliphatic rings. The zero-order valence-electron chi connectivity index (χ0n) is 9.56. The summed E-state index contributed by atoms with van der Waals surface area (Å²) < 4.78 is 5.40. The van der Waals surface area contributed by atoms with Gasteiger partial charge in [-0.25, -0.2) is 0 Å². The van der Waals surface area contributed by atoms with Crippen molar-refractivity contribution in [3.8, 4) is 0 Å². The first kappa shape index (κ1) is 10.4. The predicted octanol–water partition coefficient (Wildman–Crippen LogP) is 2.09. The summed E-state index contributed by atoms with van der Waals surface area (Å²) in [5, 5.41) is 0. The van der Waals surface area contributed by atoms with Gasteiger partial charge in [0, 0.05) is 12.5 Å². The van der Waals surface area contributed by atoms with Gasteiger partial charge in [0.1, 0.15) is 5.76 Å². The van der Waals surface area contributed by atoms with Crippen LogP contribution in [0.1, 0.15) is 31.4 Å². The lowest BCUT2D eigenvalue weighted by Gasteiger charge is -2.14. The van der Waals surface area contributed by atoms with Crippen LogP contribution in [0.4, 0.5) is 0 Å². The summed E-state index contributed by atoms with van der Waals surface area (Å²) >= 11 is 0. The Bertz CT molecular complexity index is 324. The second-order valence-electron chi connectivity index (χ2n) is 5.25. The van der Waals surface area contributed by atoms with Crippen molar-refractivity contribution in [2.75, 3.05) is 0 Å². The average molecular weight is 220 g/mol. The largest absolute Gasteiger partial charge is 0.469 e. The number of rotatable bonds is 4. The molecule has 0 saturated heterocycles. The third-order valence-corrected chi connectivity index (χ3v) is 4.40. The van der Waals surface area contributed by atoms with Crippen molar-refractivity contribution in [2.24, 2.45) is 23.6 Å². The molecule has 0 aliphatic heterocycles. The fourth-order valence-corrected chi connectivity index (χ4v) is 3.60. The number of hydrogen-bond donors (Lipinski definition) is 2. The third-order valence-electron chi connectivity index (χ3n) is 4.40. The van der Waals surface area contributed by atoms with Crippen LogP contribution in [-0.4, -0.2) is 6.04 Å². The van der Waals surface area contributed by atoms with E-state index in [2.05, 4.69) is 5.43 Å². The number of nitrogens with one attached hydrogen (secondary N) is 1. The topological polar surface area (TPSA) is 51.2 Å². The lowest BCUT2D eigenvalue weighted by Crippen LogP contribution is -2.39. The van der Waals surface area contributed by atoms with Crippen molar-refractivity contribution in [3.05, 3.63) is 24.2 Å². The van der Waals surface area contributed by atoms with Crippen LogP contribution in [0.15, 0.2) is 22.8 Å². The molecule has 0 amide bonds. The normalized spacial score (nSPS) is 34.4. The van der Waals surface area contributed by atoms with Crippen LogP contribution in [0, 0.1) is 17.8 Å². The van der Waals surface area contributed by atoms with Gasteiger partial charge in [-0.2, -0.15) is 0 Å². The van der Waals surface area contributed by atoms with Crippen molar-refractivity contribution in [2.45, 2.75) is 38.1 Å². The van der Waals surface area contributed by atoms with Crippen LogP contribution in [0.3, 0.4) is 0 Å². The molecule has 0 bridgehead atoms. The van der Waals surface area contributed by atoms with Gasteiger partial charge in [-0.1, -0.05) is 12.8 Å². The molecule has 16 heavy (non-hydrogen) atoms. The van der Waals surface area contributed by atoms with E-state index in [0.717, 1.165) is 29.9 Å². The zero-order valence-corrected chi connectivity index (χ0v) is 9.56. The van der Waals surface area contributed by atoms with E-state index >= 15 is 0 Å². The molecule has 0 radical (unpaired) electrons. The fourth-order valence-electron chi connectivity index (χ4n) is 3.60. The summed E-state index contributed by atoms with van der Waals surface area (Å²) in [6, 6.07) is 4.39. The van der Waals surface area contributed by atoms with Crippen molar-refractivity contribution in [1.29, 1.82) is 0 Å². The lowest BCUT2D eigenvalue weighted by molar-refractivity contribution is 0.396. The van der Waals surface area contributed by atoms with E-state index < -0.39 is 0 Å². The number of nitrogens with two attached hydrogens (primary N) is 1. The minimum absolute atomic E-state index is 0.402. The zero-order chi connectivity index (χ0) is 11.0. The molecular formula is C13H20N2O. The molecule has 88 valence electrons. The summed E-state index contributed by atoms with van der Waals surface area (Å²) in [5.74, 6) is 9.40. The van der Waals surface area contributed by atoms with Crippen molar-refractivity contribution in [1.82, 2.24) is 5.43 Å². The second kappa shape index (κ2) is 4.22. The van der Waals surface area contributed by atoms with Crippen LogP contribution < -0.4 is 11.3 Å². The van der Waals surface area contributed by atoms with E-state index in [1.807, 2.05) is 12.1 Å². The second-order valence-corrected chi connectivity index (χ2v) is 5.25.